The van der Waals surface area contributed by atoms with Gasteiger partial charge in [0.05, 0.1) is 0 Å². The van der Waals surface area contributed by atoms with Gasteiger partial charge in [0.1, 0.15) is 0 Å². The average molecular weight is 387 g/mol. The van der Waals surface area contributed by atoms with Crippen LogP contribution in [-0.2, 0) is 16.0 Å². The molecular weight excluding hydrogens is 362 g/mol. The number of carbonyl (C=O) groups excluding carboxylic acids is 3. The van der Waals surface area contributed by atoms with Crippen molar-refractivity contribution in [2.24, 2.45) is 11.8 Å². The van der Waals surface area contributed by atoms with Crippen LogP contribution in [0.4, 0.5) is 4.79 Å². The van der Waals surface area contributed by atoms with Crippen LogP contribution in [0, 0.1) is 11.8 Å². The summed E-state index contributed by atoms with van der Waals surface area (Å²) in [4.78, 5) is 37.2. The average Bonchev–Trinajstić information content (AvgIpc) is 3.27. The molecule has 8 heteroatoms. The van der Waals surface area contributed by atoms with Gasteiger partial charge in [-0.1, -0.05) is 6.07 Å². The predicted octanol–water partition coefficient (Wildman–Crippen LogP) is 1.43. The maximum atomic E-state index is 12.4. The van der Waals surface area contributed by atoms with Crippen molar-refractivity contribution in [2.45, 2.75) is 32.1 Å². The first kappa shape index (κ1) is 18.6. The molecular formula is C20H25N3O5. The molecule has 1 aromatic rings. The summed E-state index contributed by atoms with van der Waals surface area (Å²) in [5.74, 6) is 1.39. The Hall–Kier alpha value is -2.77. The fourth-order valence-electron chi connectivity index (χ4n) is 4.09. The summed E-state index contributed by atoms with van der Waals surface area (Å²) < 4.78 is 10.7. The Morgan fingerprint density at radius 3 is 2.71 bits per heavy atom. The smallest absolute Gasteiger partial charge is 0.317 e. The zero-order valence-electron chi connectivity index (χ0n) is 15.7. The van der Waals surface area contributed by atoms with Crippen LogP contribution in [0.3, 0.4) is 0 Å². The summed E-state index contributed by atoms with van der Waals surface area (Å²) in [5, 5.41) is 5.34. The Balaban J connectivity index is 1.17. The van der Waals surface area contributed by atoms with Gasteiger partial charge in [-0.15, -0.1) is 0 Å². The molecule has 0 saturated carbocycles. The van der Waals surface area contributed by atoms with Crippen molar-refractivity contribution in [1.82, 2.24) is 15.5 Å². The van der Waals surface area contributed by atoms with Gasteiger partial charge in [-0.25, -0.2) is 4.79 Å². The highest BCUT2D eigenvalue weighted by Gasteiger charge is 2.33. The van der Waals surface area contributed by atoms with Crippen molar-refractivity contribution in [2.75, 3.05) is 26.4 Å². The van der Waals surface area contributed by atoms with E-state index in [0.717, 1.165) is 42.7 Å². The molecule has 3 heterocycles. The van der Waals surface area contributed by atoms with Crippen molar-refractivity contribution >= 4 is 17.8 Å². The Kier molecular flexibility index (Phi) is 5.36. The number of urea groups is 1. The van der Waals surface area contributed by atoms with Gasteiger partial charge < -0.3 is 19.7 Å². The van der Waals surface area contributed by atoms with Gasteiger partial charge in [0.2, 0.25) is 18.6 Å². The Bertz CT molecular complexity index is 773. The topological polar surface area (TPSA) is 97.0 Å². The monoisotopic (exact) mass is 387 g/mol. The van der Waals surface area contributed by atoms with Crippen LogP contribution < -0.4 is 20.1 Å². The predicted molar refractivity (Wildman–Crippen MR) is 99.8 cm³/mol. The van der Waals surface area contributed by atoms with Gasteiger partial charge in [0.15, 0.2) is 11.5 Å². The molecule has 2 saturated heterocycles. The van der Waals surface area contributed by atoms with Crippen LogP contribution in [0.2, 0.25) is 0 Å². The molecule has 0 aliphatic carbocycles. The molecule has 0 bridgehead atoms. The number of benzene rings is 1. The lowest BCUT2D eigenvalue weighted by atomic mass is 9.86. The number of nitrogens with zero attached hydrogens (tertiary/aromatic N) is 1. The van der Waals surface area contributed by atoms with Crippen LogP contribution in [0.15, 0.2) is 18.2 Å². The van der Waals surface area contributed by atoms with Gasteiger partial charge in [0, 0.05) is 32.0 Å². The minimum atomic E-state index is -0.195. The number of nitrogens with one attached hydrogen (secondary N) is 2. The highest BCUT2D eigenvalue weighted by molar-refractivity contribution is 6.03. The van der Waals surface area contributed by atoms with Gasteiger partial charge in [-0.2, -0.15) is 0 Å². The van der Waals surface area contributed by atoms with E-state index in [2.05, 4.69) is 10.6 Å². The van der Waals surface area contributed by atoms with Gasteiger partial charge in [0.25, 0.3) is 0 Å². The maximum Gasteiger partial charge on any atom is 0.317 e. The maximum absolute atomic E-state index is 12.4. The summed E-state index contributed by atoms with van der Waals surface area (Å²) in [5.41, 5.74) is 1.09. The molecule has 8 nitrogen and oxygen atoms in total. The zero-order valence-corrected chi connectivity index (χ0v) is 15.7. The largest absolute Gasteiger partial charge is 0.454 e. The number of likely N-dealkylation sites (tertiary alicyclic amines) is 1. The number of imide groups is 1. The summed E-state index contributed by atoms with van der Waals surface area (Å²) in [6.07, 6.45) is 3.50. The highest BCUT2D eigenvalue weighted by atomic mass is 16.7. The first-order chi connectivity index (χ1) is 13.6. The van der Waals surface area contributed by atoms with E-state index in [4.69, 9.17) is 9.47 Å². The van der Waals surface area contributed by atoms with E-state index < -0.39 is 0 Å². The number of fused-ring (bicyclic) bond motifs is 1. The summed E-state index contributed by atoms with van der Waals surface area (Å²) in [7, 11) is 0. The molecule has 3 aliphatic heterocycles. The van der Waals surface area contributed by atoms with E-state index >= 15 is 0 Å². The standard InChI is InChI=1S/C20H25N3O5/c24-18-11-15(19(25)22-18)9-14-4-7-23(8-5-14)20(26)21-6-3-13-1-2-16-17(10-13)28-12-27-16/h1-2,10,14-15H,3-9,11-12H2,(H,21,26)(H,22,24,25). The number of rotatable bonds is 5. The van der Waals surface area contributed by atoms with Crippen LogP contribution in [-0.4, -0.2) is 49.2 Å². The third kappa shape index (κ3) is 4.21. The van der Waals surface area contributed by atoms with Gasteiger partial charge in [-0.05, 0) is 49.3 Å². The van der Waals surface area contributed by atoms with E-state index in [1.54, 1.807) is 0 Å². The quantitative estimate of drug-likeness (QED) is 0.745. The number of carbonyl (C=O) groups is 3. The van der Waals surface area contributed by atoms with Gasteiger partial charge >= 0.3 is 6.03 Å². The second-order valence-electron chi connectivity index (χ2n) is 7.65. The molecule has 4 rings (SSSR count). The van der Waals surface area contributed by atoms with Crippen LogP contribution in [0.25, 0.3) is 0 Å². The molecule has 3 aliphatic rings. The highest BCUT2D eigenvalue weighted by Crippen LogP contribution is 2.32. The van der Waals surface area contributed by atoms with E-state index in [1.807, 2.05) is 23.1 Å². The van der Waals surface area contributed by atoms with E-state index in [-0.39, 0.29) is 30.6 Å². The number of hydrogen-bond donors (Lipinski definition) is 2. The lowest BCUT2D eigenvalue weighted by Crippen LogP contribution is -2.45. The third-order valence-electron chi connectivity index (χ3n) is 5.71. The molecule has 0 spiro atoms. The Morgan fingerprint density at radius 2 is 1.96 bits per heavy atom. The molecule has 0 aromatic heterocycles. The van der Waals surface area contributed by atoms with Crippen molar-refractivity contribution in [3.8, 4) is 11.5 Å². The van der Waals surface area contributed by atoms with Crippen LogP contribution >= 0.6 is 0 Å². The zero-order chi connectivity index (χ0) is 19.5. The van der Waals surface area contributed by atoms with Crippen molar-refractivity contribution in [3.63, 3.8) is 0 Å². The SMILES string of the molecule is O=C1CC(CC2CCN(C(=O)NCCc3ccc4c(c3)OCO4)CC2)C(=O)N1. The summed E-state index contributed by atoms with van der Waals surface area (Å²) in [6, 6.07) is 5.77. The number of ether oxygens (including phenoxy) is 2. The summed E-state index contributed by atoms with van der Waals surface area (Å²) >= 11 is 0. The molecule has 28 heavy (non-hydrogen) atoms. The molecule has 0 radical (unpaired) electrons. The molecule has 1 atom stereocenters. The fraction of sp³-hybridized carbons (Fsp3) is 0.550. The van der Waals surface area contributed by atoms with Crippen LogP contribution in [0.5, 0.6) is 11.5 Å². The minimum Gasteiger partial charge on any atom is -0.454 e. The van der Waals surface area contributed by atoms with Crippen LogP contribution in [0.1, 0.15) is 31.2 Å². The van der Waals surface area contributed by atoms with E-state index in [0.29, 0.717) is 32.0 Å². The Labute approximate surface area is 163 Å². The number of amides is 4. The van der Waals surface area contributed by atoms with E-state index in [9.17, 15) is 14.4 Å². The fourth-order valence-corrected chi connectivity index (χ4v) is 4.09. The number of hydrogen-bond acceptors (Lipinski definition) is 5. The molecule has 2 fully saturated rings. The van der Waals surface area contributed by atoms with Crippen molar-refractivity contribution < 1.29 is 23.9 Å². The summed E-state index contributed by atoms with van der Waals surface area (Å²) in [6.45, 7) is 2.18. The lowest BCUT2D eigenvalue weighted by Gasteiger charge is -2.32. The molecule has 4 amide bonds. The number of piperidine rings is 1. The first-order valence-corrected chi connectivity index (χ1v) is 9.83. The third-order valence-corrected chi connectivity index (χ3v) is 5.71. The second kappa shape index (κ2) is 8.08. The molecule has 150 valence electrons. The van der Waals surface area contributed by atoms with Crippen molar-refractivity contribution in [1.29, 1.82) is 0 Å². The molecule has 1 unspecified atom stereocenters. The normalized spacial score (nSPS) is 21.7. The second-order valence-corrected chi connectivity index (χ2v) is 7.65. The first-order valence-electron chi connectivity index (χ1n) is 9.83. The molecule has 2 N–H and O–H groups in total. The van der Waals surface area contributed by atoms with Crippen molar-refractivity contribution in [3.05, 3.63) is 23.8 Å². The van der Waals surface area contributed by atoms with E-state index in [1.165, 1.54) is 0 Å². The lowest BCUT2D eigenvalue weighted by molar-refractivity contribution is -0.126. The van der Waals surface area contributed by atoms with Gasteiger partial charge in [-0.3, -0.25) is 14.9 Å². The molecule has 1 aromatic carbocycles. The minimum absolute atomic E-state index is 0.0482. The Morgan fingerprint density at radius 1 is 1.18 bits per heavy atom.